The minimum absolute atomic E-state index is 0.325. The Labute approximate surface area is 166 Å². The molecular weight excluding hydrogens is 389 g/mol. The maximum absolute atomic E-state index is 13.1. The zero-order valence-corrected chi connectivity index (χ0v) is 16.9. The summed E-state index contributed by atoms with van der Waals surface area (Å²) < 4.78 is 15.6. The Morgan fingerprint density at radius 2 is 1.92 bits per heavy atom. The van der Waals surface area contributed by atoms with Gasteiger partial charge in [0.25, 0.3) is 0 Å². The largest absolute Gasteiger partial charge is 0.271 e. The molecule has 3 rings (SSSR count). The first kappa shape index (κ1) is 19.1. The van der Waals surface area contributed by atoms with Crippen molar-refractivity contribution in [3.8, 4) is 5.69 Å². The van der Waals surface area contributed by atoms with Gasteiger partial charge in [0.2, 0.25) is 0 Å². The summed E-state index contributed by atoms with van der Waals surface area (Å²) in [7, 11) is 0. The van der Waals surface area contributed by atoms with E-state index in [1.54, 1.807) is 17.8 Å². The number of nitrogens with zero attached hydrogens (tertiary/aromatic N) is 2. The van der Waals surface area contributed by atoms with Crippen molar-refractivity contribution in [2.45, 2.75) is 31.3 Å². The number of H-pyrrole nitrogens is 1. The van der Waals surface area contributed by atoms with Crippen LogP contribution < -0.4 is 0 Å². The molecule has 26 heavy (non-hydrogen) atoms. The lowest BCUT2D eigenvalue weighted by atomic mass is 10.0. The van der Waals surface area contributed by atoms with E-state index in [0.29, 0.717) is 27.2 Å². The second-order valence-corrected chi connectivity index (χ2v) is 8.03. The van der Waals surface area contributed by atoms with Gasteiger partial charge >= 0.3 is 0 Å². The second kappa shape index (κ2) is 8.37. The molecule has 0 aliphatic rings. The van der Waals surface area contributed by atoms with Crippen molar-refractivity contribution in [2.24, 2.45) is 0 Å². The van der Waals surface area contributed by atoms with Gasteiger partial charge in [-0.25, -0.2) is 4.39 Å². The highest BCUT2D eigenvalue weighted by Crippen LogP contribution is 2.25. The predicted molar refractivity (Wildman–Crippen MR) is 109 cm³/mol. The van der Waals surface area contributed by atoms with Gasteiger partial charge in [0, 0.05) is 16.5 Å². The summed E-state index contributed by atoms with van der Waals surface area (Å²) >= 11 is 13.1. The molecule has 0 spiro atoms. The molecule has 1 aromatic heterocycles. The number of aromatic nitrogens is 3. The number of hydrogen-bond donors (Lipinski definition) is 1. The lowest BCUT2D eigenvalue weighted by molar-refractivity contribution is 0.627. The molecule has 3 nitrogen and oxygen atoms in total. The van der Waals surface area contributed by atoms with Gasteiger partial charge in [0.05, 0.1) is 5.75 Å². The maximum atomic E-state index is 13.1. The highest BCUT2D eigenvalue weighted by atomic mass is 35.5. The molecule has 3 aromatic rings. The van der Waals surface area contributed by atoms with Crippen molar-refractivity contribution >= 4 is 35.6 Å². The third kappa shape index (κ3) is 4.37. The van der Waals surface area contributed by atoms with E-state index in [0.717, 1.165) is 17.1 Å². The lowest BCUT2D eigenvalue weighted by Gasteiger charge is -2.10. The smallest absolute Gasteiger partial charge is 0.199 e. The first-order chi connectivity index (χ1) is 12.5. The van der Waals surface area contributed by atoms with Crippen LogP contribution in [0.25, 0.3) is 5.69 Å². The molecule has 1 heterocycles. The van der Waals surface area contributed by atoms with E-state index in [1.165, 1.54) is 17.7 Å². The van der Waals surface area contributed by atoms with Gasteiger partial charge in [0.1, 0.15) is 11.6 Å². The Morgan fingerprint density at radius 1 is 1.19 bits per heavy atom. The first-order valence-corrected chi connectivity index (χ1v) is 10.2. The van der Waals surface area contributed by atoms with Crippen LogP contribution in [0, 0.1) is 10.6 Å². The van der Waals surface area contributed by atoms with E-state index in [2.05, 4.69) is 48.3 Å². The minimum Gasteiger partial charge on any atom is -0.271 e. The summed E-state index contributed by atoms with van der Waals surface area (Å²) in [4.78, 5) is 0. The molecule has 0 saturated heterocycles. The van der Waals surface area contributed by atoms with Crippen LogP contribution in [0.5, 0.6) is 0 Å². The predicted octanol–water partition coefficient (Wildman–Crippen LogP) is 6.28. The molecule has 0 radical (unpaired) electrons. The highest BCUT2D eigenvalue weighted by Gasteiger charge is 2.10. The standard InChI is InChI=1S/C19H19ClFN3S2/c1-12(2)13-4-7-16(8-5-13)24-18(22-23-19(24)25)11-26-10-14-3-6-15(21)9-17(14)20/h3-9,12H,10-11H2,1-2H3,(H,23,25). The van der Waals surface area contributed by atoms with Crippen molar-refractivity contribution in [2.75, 3.05) is 0 Å². The molecule has 0 unspecified atom stereocenters. The van der Waals surface area contributed by atoms with E-state index in [1.807, 2.05) is 4.57 Å². The Kier molecular flexibility index (Phi) is 6.16. The summed E-state index contributed by atoms with van der Waals surface area (Å²) in [5, 5.41) is 7.66. The van der Waals surface area contributed by atoms with Crippen LogP contribution in [0.3, 0.4) is 0 Å². The number of aromatic amines is 1. The maximum Gasteiger partial charge on any atom is 0.199 e. The van der Waals surface area contributed by atoms with Gasteiger partial charge in [0.15, 0.2) is 4.77 Å². The summed E-state index contributed by atoms with van der Waals surface area (Å²) in [6.07, 6.45) is 0. The molecular formula is C19H19ClFN3S2. The fraction of sp³-hybridized carbons (Fsp3) is 0.263. The van der Waals surface area contributed by atoms with Crippen LogP contribution in [0.15, 0.2) is 42.5 Å². The number of halogens is 2. The van der Waals surface area contributed by atoms with Crippen molar-refractivity contribution in [3.63, 3.8) is 0 Å². The Balaban J connectivity index is 1.74. The molecule has 7 heteroatoms. The summed E-state index contributed by atoms with van der Waals surface area (Å²) in [5.74, 6) is 2.33. The van der Waals surface area contributed by atoms with E-state index < -0.39 is 0 Å². The van der Waals surface area contributed by atoms with Crippen LogP contribution in [-0.2, 0) is 11.5 Å². The van der Waals surface area contributed by atoms with Gasteiger partial charge in [-0.3, -0.25) is 9.67 Å². The summed E-state index contributed by atoms with van der Waals surface area (Å²) in [6.45, 7) is 4.34. The molecule has 0 amide bonds. The quantitative estimate of drug-likeness (QED) is 0.488. The molecule has 0 atom stereocenters. The number of nitrogens with one attached hydrogen (secondary N) is 1. The van der Waals surface area contributed by atoms with E-state index in [4.69, 9.17) is 23.8 Å². The zero-order chi connectivity index (χ0) is 18.7. The number of thioether (sulfide) groups is 1. The van der Waals surface area contributed by atoms with Crippen LogP contribution in [0.4, 0.5) is 4.39 Å². The third-order valence-electron chi connectivity index (χ3n) is 4.06. The molecule has 136 valence electrons. The van der Waals surface area contributed by atoms with Crippen molar-refractivity contribution < 1.29 is 4.39 Å². The fourth-order valence-corrected chi connectivity index (χ4v) is 4.11. The monoisotopic (exact) mass is 407 g/mol. The summed E-state index contributed by atoms with van der Waals surface area (Å²) in [5.41, 5.74) is 3.18. The van der Waals surface area contributed by atoms with E-state index in [9.17, 15) is 4.39 Å². The Morgan fingerprint density at radius 3 is 2.58 bits per heavy atom. The van der Waals surface area contributed by atoms with Crippen LogP contribution in [0.2, 0.25) is 5.02 Å². The van der Waals surface area contributed by atoms with Crippen molar-refractivity contribution in [1.29, 1.82) is 0 Å². The molecule has 0 aliphatic heterocycles. The van der Waals surface area contributed by atoms with Gasteiger partial charge in [-0.15, -0.1) is 11.8 Å². The van der Waals surface area contributed by atoms with Gasteiger partial charge < -0.3 is 0 Å². The average Bonchev–Trinajstić information content (AvgIpc) is 2.97. The lowest BCUT2D eigenvalue weighted by Crippen LogP contribution is -2.01. The number of rotatable bonds is 6. The molecule has 0 bridgehead atoms. The zero-order valence-electron chi connectivity index (χ0n) is 14.5. The number of hydrogen-bond acceptors (Lipinski definition) is 3. The molecule has 0 fully saturated rings. The number of benzene rings is 2. The third-order valence-corrected chi connectivity index (χ3v) is 5.67. The van der Waals surface area contributed by atoms with Gasteiger partial charge in [-0.1, -0.05) is 43.6 Å². The normalized spacial score (nSPS) is 11.3. The summed E-state index contributed by atoms with van der Waals surface area (Å²) in [6, 6.07) is 12.8. The van der Waals surface area contributed by atoms with E-state index >= 15 is 0 Å². The molecule has 1 N–H and O–H groups in total. The minimum atomic E-state index is -0.325. The van der Waals surface area contributed by atoms with Gasteiger partial charge in [-0.05, 0) is 53.5 Å². The fourth-order valence-electron chi connectivity index (χ4n) is 2.59. The van der Waals surface area contributed by atoms with E-state index in [-0.39, 0.29) is 5.82 Å². The second-order valence-electron chi connectivity index (χ2n) is 6.26. The van der Waals surface area contributed by atoms with Crippen molar-refractivity contribution in [1.82, 2.24) is 14.8 Å². The van der Waals surface area contributed by atoms with Gasteiger partial charge in [-0.2, -0.15) is 5.10 Å². The van der Waals surface area contributed by atoms with Crippen LogP contribution in [0.1, 0.15) is 36.7 Å². The van der Waals surface area contributed by atoms with Crippen molar-refractivity contribution in [3.05, 3.63) is 75.0 Å². The van der Waals surface area contributed by atoms with Crippen LogP contribution in [-0.4, -0.2) is 14.8 Å². The average molecular weight is 408 g/mol. The highest BCUT2D eigenvalue weighted by molar-refractivity contribution is 7.97. The van der Waals surface area contributed by atoms with Crippen LogP contribution >= 0.6 is 35.6 Å². The molecule has 0 aliphatic carbocycles. The first-order valence-electron chi connectivity index (χ1n) is 8.24. The molecule has 2 aromatic carbocycles. The Hall–Kier alpha value is -1.63. The SMILES string of the molecule is CC(C)c1ccc(-n2c(CSCc3ccc(F)cc3Cl)n[nH]c2=S)cc1. The topological polar surface area (TPSA) is 33.6 Å². The Bertz CT molecular complexity index is 948. The molecule has 0 saturated carbocycles.